The fourth-order valence-electron chi connectivity index (χ4n) is 4.73. The summed E-state index contributed by atoms with van der Waals surface area (Å²) in [6, 6.07) is 20.7. The van der Waals surface area contributed by atoms with Crippen molar-refractivity contribution in [3.8, 4) is 11.5 Å². The summed E-state index contributed by atoms with van der Waals surface area (Å²) in [5.74, 6) is -1.47. The second-order valence-electron chi connectivity index (χ2n) is 9.61. The molecule has 0 aliphatic carbocycles. The molecule has 41 heavy (non-hydrogen) atoms. The lowest BCUT2D eigenvalue weighted by molar-refractivity contribution is -0.132. The first-order chi connectivity index (χ1) is 19.7. The van der Waals surface area contributed by atoms with Crippen molar-refractivity contribution in [1.82, 2.24) is 4.98 Å². The molecule has 3 aromatic carbocycles. The number of hydrogen-bond acceptors (Lipinski definition) is 8. The van der Waals surface area contributed by atoms with Crippen LogP contribution in [0, 0.1) is 20.8 Å². The summed E-state index contributed by atoms with van der Waals surface area (Å²) in [5.41, 5.74) is 2.90. The van der Waals surface area contributed by atoms with E-state index in [0.717, 1.165) is 22.5 Å². The molecule has 1 atom stereocenters. The topological polar surface area (TPSA) is 106 Å². The number of carbonyl (C=O) groups excluding carboxylic acids is 3. The molecule has 1 aliphatic rings. The van der Waals surface area contributed by atoms with Gasteiger partial charge in [-0.3, -0.25) is 14.5 Å². The average Bonchev–Trinajstić information content (AvgIpc) is 3.47. The minimum absolute atomic E-state index is 0.0777. The van der Waals surface area contributed by atoms with Gasteiger partial charge in [-0.15, -0.1) is 0 Å². The Kier molecular flexibility index (Phi) is 7.72. The van der Waals surface area contributed by atoms with Crippen LogP contribution in [0.1, 0.15) is 50.6 Å². The molecule has 1 aromatic heterocycles. The van der Waals surface area contributed by atoms with Crippen LogP contribution in [0.5, 0.6) is 11.5 Å². The highest BCUT2D eigenvalue weighted by atomic mass is 32.1. The number of Topliss-reactive ketones (excluding diaryl/α,β-unsaturated/α-hetero) is 1. The van der Waals surface area contributed by atoms with E-state index in [9.17, 15) is 19.5 Å². The molecule has 1 saturated heterocycles. The SMILES string of the molecule is CCOC(=O)c1sc(N2C(=O)C(=O)C(=C(O)c3cc(C)ccc3C)C2c2cccc(Oc3ccccc3)c2)nc1C. The first kappa shape index (κ1) is 27.8. The standard InChI is InChI=1S/C32H28N2O6S/c1-5-39-31(38)29-20(4)33-32(41-29)34-26(21-10-9-13-23(17-21)40-22-11-7-6-8-12-22)25(28(36)30(34)37)27(35)24-16-18(2)14-15-19(24)3/h6-17,26,35H,5H2,1-4H3. The van der Waals surface area contributed by atoms with Gasteiger partial charge in [0.2, 0.25) is 0 Å². The summed E-state index contributed by atoms with van der Waals surface area (Å²) in [7, 11) is 0. The van der Waals surface area contributed by atoms with Crippen molar-refractivity contribution < 1.29 is 29.0 Å². The first-order valence-electron chi connectivity index (χ1n) is 13.1. The molecule has 5 rings (SSSR count). The van der Waals surface area contributed by atoms with E-state index in [1.165, 1.54) is 4.90 Å². The molecule has 0 radical (unpaired) electrons. The minimum atomic E-state index is -1.03. The number of anilines is 1. The molecule has 4 aromatic rings. The van der Waals surface area contributed by atoms with E-state index in [4.69, 9.17) is 9.47 Å². The van der Waals surface area contributed by atoms with Crippen LogP contribution in [0.4, 0.5) is 5.13 Å². The maximum absolute atomic E-state index is 13.6. The average molecular weight is 569 g/mol. The van der Waals surface area contributed by atoms with Gasteiger partial charge in [-0.05, 0) is 69.2 Å². The van der Waals surface area contributed by atoms with Crippen LogP contribution in [0.3, 0.4) is 0 Å². The lowest BCUT2D eigenvalue weighted by atomic mass is 9.93. The van der Waals surface area contributed by atoms with Crippen molar-refractivity contribution in [3.63, 3.8) is 0 Å². The third-order valence-electron chi connectivity index (χ3n) is 6.70. The Morgan fingerprint density at radius 3 is 2.44 bits per heavy atom. The van der Waals surface area contributed by atoms with Gasteiger partial charge in [-0.1, -0.05) is 59.4 Å². The number of ether oxygens (including phenoxy) is 2. The lowest BCUT2D eigenvalue weighted by Crippen LogP contribution is -2.29. The largest absolute Gasteiger partial charge is 0.507 e. The number of ketones is 1. The van der Waals surface area contributed by atoms with Crippen LogP contribution < -0.4 is 9.64 Å². The van der Waals surface area contributed by atoms with Crippen molar-refractivity contribution >= 4 is 39.9 Å². The zero-order valence-electron chi connectivity index (χ0n) is 23.0. The monoisotopic (exact) mass is 568 g/mol. The molecule has 208 valence electrons. The van der Waals surface area contributed by atoms with Crippen LogP contribution in [-0.2, 0) is 14.3 Å². The number of esters is 1. The highest BCUT2D eigenvalue weighted by Crippen LogP contribution is 2.45. The summed E-state index contributed by atoms with van der Waals surface area (Å²) in [6.07, 6.45) is 0. The maximum atomic E-state index is 13.6. The molecule has 1 fully saturated rings. The number of hydrogen-bond donors (Lipinski definition) is 1. The predicted octanol–water partition coefficient (Wildman–Crippen LogP) is 6.66. The molecule has 0 spiro atoms. The molecule has 9 heteroatoms. The van der Waals surface area contributed by atoms with Crippen LogP contribution in [-0.4, -0.2) is 34.4 Å². The van der Waals surface area contributed by atoms with Crippen LogP contribution in [0.25, 0.3) is 5.76 Å². The van der Waals surface area contributed by atoms with Gasteiger partial charge in [0, 0.05) is 5.56 Å². The highest BCUT2D eigenvalue weighted by molar-refractivity contribution is 7.17. The molecule has 1 amide bonds. The quantitative estimate of drug-likeness (QED) is 0.115. The molecule has 2 heterocycles. The number of aromatic nitrogens is 1. The Bertz CT molecular complexity index is 1690. The predicted molar refractivity (Wildman–Crippen MR) is 156 cm³/mol. The second kappa shape index (κ2) is 11.4. The summed E-state index contributed by atoms with van der Waals surface area (Å²) >= 11 is 0.963. The third-order valence-corrected chi connectivity index (χ3v) is 7.83. The number of aliphatic hydroxyl groups excluding tert-OH is 1. The Labute approximate surface area is 241 Å². The zero-order chi connectivity index (χ0) is 29.3. The molecule has 1 N–H and O–H groups in total. The Morgan fingerprint density at radius 2 is 1.71 bits per heavy atom. The number of thiazole rings is 1. The molecule has 8 nitrogen and oxygen atoms in total. The van der Waals surface area contributed by atoms with E-state index in [2.05, 4.69) is 4.98 Å². The fourth-order valence-corrected chi connectivity index (χ4v) is 5.71. The van der Waals surface area contributed by atoms with E-state index in [-0.39, 0.29) is 27.9 Å². The minimum Gasteiger partial charge on any atom is -0.507 e. The van der Waals surface area contributed by atoms with Crippen LogP contribution >= 0.6 is 11.3 Å². The maximum Gasteiger partial charge on any atom is 0.350 e. The van der Waals surface area contributed by atoms with Gasteiger partial charge in [-0.25, -0.2) is 9.78 Å². The van der Waals surface area contributed by atoms with Crippen molar-refractivity contribution in [2.24, 2.45) is 0 Å². The zero-order valence-corrected chi connectivity index (χ0v) is 23.8. The number of nitrogens with zero attached hydrogens (tertiary/aromatic N) is 2. The van der Waals surface area contributed by atoms with E-state index in [1.807, 2.05) is 56.3 Å². The third kappa shape index (κ3) is 5.36. The number of carbonyl (C=O) groups is 3. The van der Waals surface area contributed by atoms with Gasteiger partial charge in [0.1, 0.15) is 22.1 Å². The number of para-hydroxylation sites is 1. The smallest absolute Gasteiger partial charge is 0.350 e. The van der Waals surface area contributed by atoms with Crippen molar-refractivity contribution in [1.29, 1.82) is 0 Å². The second-order valence-corrected chi connectivity index (χ2v) is 10.6. The normalized spacial score (nSPS) is 16.2. The van der Waals surface area contributed by atoms with Gasteiger partial charge in [0.05, 0.1) is 23.9 Å². The Hall–Kier alpha value is -4.76. The molecule has 1 unspecified atom stereocenters. The molecule has 0 bridgehead atoms. The van der Waals surface area contributed by atoms with Crippen molar-refractivity contribution in [2.75, 3.05) is 11.5 Å². The van der Waals surface area contributed by atoms with Crippen LogP contribution in [0.2, 0.25) is 0 Å². The Balaban J connectivity index is 1.69. The first-order valence-corrected chi connectivity index (χ1v) is 13.9. The van der Waals surface area contributed by atoms with Gasteiger partial charge in [-0.2, -0.15) is 0 Å². The molecular formula is C32H28N2O6S. The highest BCUT2D eigenvalue weighted by Gasteiger charge is 2.48. The summed E-state index contributed by atoms with van der Waals surface area (Å²) in [4.78, 5) is 45.8. The summed E-state index contributed by atoms with van der Waals surface area (Å²) in [6.45, 7) is 7.23. The van der Waals surface area contributed by atoms with Crippen molar-refractivity contribution in [2.45, 2.75) is 33.7 Å². The molecule has 1 aliphatic heterocycles. The van der Waals surface area contributed by atoms with E-state index in [1.54, 1.807) is 44.2 Å². The van der Waals surface area contributed by atoms with Gasteiger partial charge in [0.25, 0.3) is 5.78 Å². The number of aryl methyl sites for hydroxylation is 3. The number of rotatable bonds is 7. The van der Waals surface area contributed by atoms with Crippen LogP contribution in [0.15, 0.2) is 78.4 Å². The number of amides is 1. The summed E-state index contributed by atoms with van der Waals surface area (Å²) in [5, 5.41) is 11.7. The van der Waals surface area contributed by atoms with E-state index < -0.39 is 23.7 Å². The fraction of sp³-hybridized carbons (Fsp3) is 0.188. The number of benzene rings is 3. The summed E-state index contributed by atoms with van der Waals surface area (Å²) < 4.78 is 11.2. The number of aliphatic hydroxyl groups is 1. The Morgan fingerprint density at radius 1 is 0.976 bits per heavy atom. The van der Waals surface area contributed by atoms with Crippen molar-refractivity contribution in [3.05, 3.63) is 111 Å². The molecular weight excluding hydrogens is 540 g/mol. The van der Waals surface area contributed by atoms with Gasteiger partial charge in [0.15, 0.2) is 5.13 Å². The lowest BCUT2D eigenvalue weighted by Gasteiger charge is -2.23. The molecule has 0 saturated carbocycles. The van der Waals surface area contributed by atoms with E-state index >= 15 is 0 Å². The van der Waals surface area contributed by atoms with E-state index in [0.29, 0.717) is 28.3 Å². The van der Waals surface area contributed by atoms with Gasteiger partial charge < -0.3 is 14.6 Å². The van der Waals surface area contributed by atoms with Gasteiger partial charge >= 0.3 is 11.9 Å².